The summed E-state index contributed by atoms with van der Waals surface area (Å²) in [7, 11) is 0. The maximum absolute atomic E-state index is 13.0. The molecule has 0 radical (unpaired) electrons. The van der Waals surface area contributed by atoms with Gasteiger partial charge >= 0.3 is 5.69 Å². The van der Waals surface area contributed by atoms with Crippen molar-refractivity contribution in [3.8, 4) is 16.8 Å². The van der Waals surface area contributed by atoms with E-state index in [0.29, 0.717) is 6.54 Å². The zero-order chi connectivity index (χ0) is 22.5. The Kier molecular flexibility index (Phi) is 4.71. The predicted octanol–water partition coefficient (Wildman–Crippen LogP) is 4.01. The molecule has 1 aliphatic heterocycles. The van der Waals surface area contributed by atoms with Crippen LogP contribution in [0.4, 0.5) is 0 Å². The van der Waals surface area contributed by atoms with Crippen LogP contribution >= 0.6 is 0 Å². The van der Waals surface area contributed by atoms with Crippen LogP contribution in [0, 0.1) is 18.8 Å². The summed E-state index contributed by atoms with van der Waals surface area (Å²) in [6.07, 6.45) is 6.34. The van der Waals surface area contributed by atoms with Crippen LogP contribution in [-0.2, 0) is 11.3 Å². The number of hydrogen-bond acceptors (Lipinski definition) is 4. The Hall–Kier alpha value is -3.61. The minimum Gasteiger partial charge on any atom is -0.464 e. The summed E-state index contributed by atoms with van der Waals surface area (Å²) >= 11 is 0. The van der Waals surface area contributed by atoms with Gasteiger partial charge in [0.1, 0.15) is 11.9 Å². The molecule has 1 amide bonds. The molecule has 168 valence electrons. The molecule has 2 aliphatic rings. The molecule has 1 saturated heterocycles. The van der Waals surface area contributed by atoms with Gasteiger partial charge < -0.3 is 9.32 Å². The maximum Gasteiger partial charge on any atom is 0.350 e. The van der Waals surface area contributed by atoms with Gasteiger partial charge in [-0.25, -0.2) is 14.0 Å². The third kappa shape index (κ3) is 3.67. The van der Waals surface area contributed by atoms with Crippen molar-refractivity contribution in [2.75, 3.05) is 13.1 Å². The standard InChI is InChI=1S/C26H26N4O3/c1-17-15-33-24-9-6-21(12-23(17)24)19-4-7-22(8-5-19)29-16-27-30(26(29)32)14-18-10-11-28(13-18)25(31)20-2-3-20/h4-9,12,15-16,18,20H,2-3,10-11,13-14H2,1H3/t18-/m0/s1. The van der Waals surface area contributed by atoms with E-state index in [2.05, 4.69) is 11.2 Å². The summed E-state index contributed by atoms with van der Waals surface area (Å²) in [5, 5.41) is 5.45. The number of aromatic nitrogens is 3. The van der Waals surface area contributed by atoms with Crippen LogP contribution < -0.4 is 5.69 Å². The maximum atomic E-state index is 13.0. The van der Waals surface area contributed by atoms with Gasteiger partial charge in [-0.2, -0.15) is 5.10 Å². The van der Waals surface area contributed by atoms with Crippen LogP contribution in [0.25, 0.3) is 27.8 Å². The lowest BCUT2D eigenvalue weighted by Crippen LogP contribution is -2.32. The lowest BCUT2D eigenvalue weighted by molar-refractivity contribution is -0.131. The van der Waals surface area contributed by atoms with Crippen LogP contribution in [0.15, 0.2) is 64.3 Å². The molecule has 7 nitrogen and oxygen atoms in total. The molecule has 2 aromatic heterocycles. The number of hydrogen-bond donors (Lipinski definition) is 0. The van der Waals surface area contributed by atoms with Gasteiger partial charge in [-0.05, 0) is 73.1 Å². The Labute approximate surface area is 191 Å². The van der Waals surface area contributed by atoms with Crippen LogP contribution in [-0.4, -0.2) is 38.2 Å². The van der Waals surface area contributed by atoms with E-state index >= 15 is 0 Å². The van der Waals surface area contributed by atoms with E-state index in [0.717, 1.165) is 65.7 Å². The number of likely N-dealkylation sites (tertiary alicyclic amines) is 1. The van der Waals surface area contributed by atoms with Gasteiger partial charge in [-0.15, -0.1) is 0 Å². The second-order valence-corrected chi connectivity index (χ2v) is 9.36. The lowest BCUT2D eigenvalue weighted by Gasteiger charge is -2.16. The largest absolute Gasteiger partial charge is 0.464 e. The monoisotopic (exact) mass is 442 g/mol. The van der Waals surface area contributed by atoms with E-state index in [-0.39, 0.29) is 23.4 Å². The van der Waals surface area contributed by atoms with Crippen LogP contribution in [0.1, 0.15) is 24.8 Å². The number of nitrogens with zero attached hydrogens (tertiary/aromatic N) is 4. The fraction of sp³-hybridized carbons (Fsp3) is 0.346. The summed E-state index contributed by atoms with van der Waals surface area (Å²) in [6.45, 7) is 4.10. The first kappa shape index (κ1) is 20.0. The highest BCUT2D eigenvalue weighted by atomic mass is 16.3. The van der Waals surface area contributed by atoms with E-state index in [4.69, 9.17) is 4.42 Å². The number of carbonyl (C=O) groups excluding carboxylic acids is 1. The quantitative estimate of drug-likeness (QED) is 0.468. The zero-order valence-electron chi connectivity index (χ0n) is 18.6. The van der Waals surface area contributed by atoms with E-state index < -0.39 is 0 Å². The second-order valence-electron chi connectivity index (χ2n) is 9.36. The Morgan fingerprint density at radius 3 is 2.67 bits per heavy atom. The minimum absolute atomic E-state index is 0.148. The summed E-state index contributed by atoms with van der Waals surface area (Å²) < 4.78 is 8.65. The van der Waals surface area contributed by atoms with E-state index in [9.17, 15) is 9.59 Å². The average Bonchev–Trinajstić information content (AvgIpc) is 3.33. The van der Waals surface area contributed by atoms with Gasteiger partial charge in [0, 0.05) is 24.4 Å². The van der Waals surface area contributed by atoms with E-state index in [1.165, 1.54) is 4.68 Å². The Bertz CT molecular complexity index is 1390. The molecular weight excluding hydrogens is 416 g/mol. The highest BCUT2D eigenvalue weighted by Gasteiger charge is 2.36. The van der Waals surface area contributed by atoms with Crippen molar-refractivity contribution in [3.63, 3.8) is 0 Å². The number of carbonyl (C=O) groups is 1. The SMILES string of the molecule is Cc1coc2ccc(-c3ccc(-n4cnn(C[C@H]5CCN(C(=O)C6CC6)C5)c4=O)cc3)cc12. The Balaban J connectivity index is 1.18. The molecule has 4 aromatic rings. The minimum atomic E-state index is -0.148. The number of aryl methyl sites for hydroxylation is 1. The second kappa shape index (κ2) is 7.76. The third-order valence-electron chi connectivity index (χ3n) is 6.93. The number of benzene rings is 2. The fourth-order valence-electron chi connectivity index (χ4n) is 4.80. The van der Waals surface area contributed by atoms with E-state index in [1.807, 2.05) is 48.2 Å². The molecule has 3 heterocycles. The Morgan fingerprint density at radius 1 is 1.09 bits per heavy atom. The molecular formula is C26H26N4O3. The summed E-state index contributed by atoms with van der Waals surface area (Å²) in [5.41, 5.74) is 4.82. The van der Waals surface area contributed by atoms with Crippen molar-refractivity contribution in [2.24, 2.45) is 11.8 Å². The fourth-order valence-corrected chi connectivity index (χ4v) is 4.80. The highest BCUT2D eigenvalue weighted by Crippen LogP contribution is 2.33. The number of furan rings is 1. The molecule has 0 N–H and O–H groups in total. The first-order chi connectivity index (χ1) is 16.1. The van der Waals surface area contributed by atoms with Gasteiger partial charge in [0.25, 0.3) is 0 Å². The highest BCUT2D eigenvalue weighted by molar-refractivity contribution is 5.86. The smallest absolute Gasteiger partial charge is 0.350 e. The molecule has 33 heavy (non-hydrogen) atoms. The molecule has 2 fully saturated rings. The van der Waals surface area contributed by atoms with Crippen molar-refractivity contribution in [3.05, 3.63) is 71.1 Å². The number of amides is 1. The average molecular weight is 443 g/mol. The predicted molar refractivity (Wildman–Crippen MR) is 125 cm³/mol. The molecule has 2 aromatic carbocycles. The molecule has 1 saturated carbocycles. The first-order valence-corrected chi connectivity index (χ1v) is 11.6. The van der Waals surface area contributed by atoms with Gasteiger partial charge in [0.2, 0.25) is 5.91 Å². The lowest BCUT2D eigenvalue weighted by atomic mass is 10.0. The van der Waals surface area contributed by atoms with Crippen molar-refractivity contribution < 1.29 is 9.21 Å². The molecule has 6 rings (SSSR count). The van der Waals surface area contributed by atoms with Gasteiger partial charge in [0.05, 0.1) is 18.5 Å². The molecule has 7 heteroatoms. The number of fused-ring (bicyclic) bond motifs is 1. The zero-order valence-corrected chi connectivity index (χ0v) is 18.6. The molecule has 1 atom stereocenters. The van der Waals surface area contributed by atoms with Gasteiger partial charge in [-0.3, -0.25) is 4.79 Å². The Morgan fingerprint density at radius 2 is 1.88 bits per heavy atom. The molecule has 1 aliphatic carbocycles. The topological polar surface area (TPSA) is 73.3 Å². The van der Waals surface area contributed by atoms with Gasteiger partial charge in [0.15, 0.2) is 0 Å². The van der Waals surface area contributed by atoms with Gasteiger partial charge in [-0.1, -0.05) is 18.2 Å². The number of rotatable bonds is 5. The first-order valence-electron chi connectivity index (χ1n) is 11.6. The molecule has 0 unspecified atom stereocenters. The third-order valence-corrected chi connectivity index (χ3v) is 6.93. The van der Waals surface area contributed by atoms with Crippen LogP contribution in [0.5, 0.6) is 0 Å². The molecule has 0 bridgehead atoms. The van der Waals surface area contributed by atoms with Crippen LogP contribution in [0.2, 0.25) is 0 Å². The summed E-state index contributed by atoms with van der Waals surface area (Å²) in [4.78, 5) is 27.2. The van der Waals surface area contributed by atoms with Crippen LogP contribution in [0.3, 0.4) is 0 Å². The summed E-state index contributed by atoms with van der Waals surface area (Å²) in [5.74, 6) is 0.814. The van der Waals surface area contributed by atoms with E-state index in [1.54, 1.807) is 17.2 Å². The van der Waals surface area contributed by atoms with Crippen molar-refractivity contribution >= 4 is 16.9 Å². The molecule has 0 spiro atoms. The normalized spacial score (nSPS) is 18.3. The van der Waals surface area contributed by atoms with Crippen molar-refractivity contribution in [1.82, 2.24) is 19.2 Å². The summed E-state index contributed by atoms with van der Waals surface area (Å²) in [6, 6.07) is 14.1. The van der Waals surface area contributed by atoms with Crippen molar-refractivity contribution in [2.45, 2.75) is 32.7 Å². The van der Waals surface area contributed by atoms with Crippen molar-refractivity contribution in [1.29, 1.82) is 0 Å².